The van der Waals surface area contributed by atoms with Crippen molar-refractivity contribution in [2.75, 3.05) is 13.2 Å². The van der Waals surface area contributed by atoms with Gasteiger partial charge in [0.05, 0.1) is 18.2 Å². The van der Waals surface area contributed by atoms with Crippen molar-refractivity contribution >= 4 is 17.4 Å². The molecule has 1 aromatic heterocycles. The van der Waals surface area contributed by atoms with E-state index in [0.29, 0.717) is 35.8 Å². The van der Waals surface area contributed by atoms with Gasteiger partial charge in [0, 0.05) is 24.5 Å². The summed E-state index contributed by atoms with van der Waals surface area (Å²) in [5.74, 6) is -0.432. The molecule has 1 aliphatic rings. The number of ether oxygens (including phenoxy) is 2. The Labute approximate surface area is 210 Å². The van der Waals surface area contributed by atoms with Crippen LogP contribution >= 0.6 is 0 Å². The van der Waals surface area contributed by atoms with E-state index in [2.05, 4.69) is 11.6 Å². The topological polar surface area (TPSA) is 89.0 Å². The SMILES string of the molecule is C=CCOc1cccc(C2/C(=C(\O)c3ccc(OCCC)cc3)C(=O)C(=O)N2Cc2ccncc2)c1. The Morgan fingerprint density at radius 3 is 2.50 bits per heavy atom. The van der Waals surface area contributed by atoms with E-state index in [1.54, 1.807) is 73.1 Å². The van der Waals surface area contributed by atoms with Crippen molar-refractivity contribution in [1.29, 1.82) is 0 Å². The molecule has 4 rings (SSSR count). The van der Waals surface area contributed by atoms with Crippen molar-refractivity contribution in [2.24, 2.45) is 0 Å². The van der Waals surface area contributed by atoms with Crippen molar-refractivity contribution in [1.82, 2.24) is 9.88 Å². The Morgan fingerprint density at radius 1 is 1.06 bits per heavy atom. The number of aliphatic hydroxyl groups is 1. The minimum absolute atomic E-state index is 0.0251. The number of amides is 1. The molecule has 1 aliphatic heterocycles. The van der Waals surface area contributed by atoms with Gasteiger partial charge in [-0.3, -0.25) is 14.6 Å². The third-order valence-corrected chi connectivity index (χ3v) is 5.78. The molecular formula is C29H28N2O5. The minimum atomic E-state index is -0.804. The van der Waals surface area contributed by atoms with Gasteiger partial charge in [-0.2, -0.15) is 0 Å². The van der Waals surface area contributed by atoms with E-state index in [0.717, 1.165) is 12.0 Å². The van der Waals surface area contributed by atoms with Gasteiger partial charge in [-0.05, 0) is 66.1 Å². The first kappa shape index (κ1) is 24.7. The highest BCUT2D eigenvalue weighted by Crippen LogP contribution is 2.41. The third kappa shape index (κ3) is 5.30. The number of nitrogens with zero attached hydrogens (tertiary/aromatic N) is 2. The van der Waals surface area contributed by atoms with Crippen LogP contribution in [0.15, 0.2) is 91.3 Å². The lowest BCUT2D eigenvalue weighted by atomic mass is 9.95. The van der Waals surface area contributed by atoms with Crippen molar-refractivity contribution in [3.63, 3.8) is 0 Å². The van der Waals surface area contributed by atoms with Crippen LogP contribution in [0, 0.1) is 0 Å². The number of carbonyl (C=O) groups is 2. The molecule has 184 valence electrons. The molecule has 36 heavy (non-hydrogen) atoms. The fourth-order valence-electron chi connectivity index (χ4n) is 4.09. The van der Waals surface area contributed by atoms with Crippen LogP contribution in [-0.2, 0) is 16.1 Å². The molecule has 3 aromatic rings. The summed E-state index contributed by atoms with van der Waals surface area (Å²) < 4.78 is 11.3. The second kappa shape index (κ2) is 11.4. The predicted octanol–water partition coefficient (Wildman–Crippen LogP) is 5.06. The van der Waals surface area contributed by atoms with Gasteiger partial charge in [0.2, 0.25) is 0 Å². The van der Waals surface area contributed by atoms with E-state index in [-0.39, 0.29) is 17.9 Å². The quantitative estimate of drug-likeness (QED) is 0.187. The molecule has 1 amide bonds. The van der Waals surface area contributed by atoms with E-state index in [4.69, 9.17) is 9.47 Å². The molecule has 1 N–H and O–H groups in total. The number of hydrogen-bond acceptors (Lipinski definition) is 6. The third-order valence-electron chi connectivity index (χ3n) is 5.78. The maximum Gasteiger partial charge on any atom is 0.295 e. The number of aliphatic hydroxyl groups excluding tert-OH is 1. The molecule has 1 atom stereocenters. The number of Topliss-reactive ketones (excluding diaryl/α,β-unsaturated/α-hetero) is 1. The van der Waals surface area contributed by atoms with E-state index in [1.807, 2.05) is 13.0 Å². The largest absolute Gasteiger partial charge is 0.507 e. The molecule has 0 bridgehead atoms. The first-order valence-corrected chi connectivity index (χ1v) is 11.8. The van der Waals surface area contributed by atoms with Gasteiger partial charge in [0.25, 0.3) is 11.7 Å². The number of rotatable bonds is 10. The van der Waals surface area contributed by atoms with Crippen LogP contribution in [0.25, 0.3) is 5.76 Å². The number of hydrogen-bond donors (Lipinski definition) is 1. The Balaban J connectivity index is 1.79. The fraction of sp³-hybridized carbons (Fsp3) is 0.207. The summed E-state index contributed by atoms with van der Waals surface area (Å²) in [5.41, 5.74) is 1.91. The molecule has 1 unspecified atom stereocenters. The van der Waals surface area contributed by atoms with Crippen LogP contribution in [0.5, 0.6) is 11.5 Å². The van der Waals surface area contributed by atoms with Gasteiger partial charge < -0.3 is 19.5 Å². The molecule has 1 saturated heterocycles. The Hall–Kier alpha value is -4.39. The molecule has 1 fully saturated rings. The maximum atomic E-state index is 13.3. The second-order valence-electron chi connectivity index (χ2n) is 8.33. The second-order valence-corrected chi connectivity index (χ2v) is 8.33. The average Bonchev–Trinajstić information content (AvgIpc) is 3.16. The number of ketones is 1. The van der Waals surface area contributed by atoms with Crippen LogP contribution in [0.3, 0.4) is 0 Å². The van der Waals surface area contributed by atoms with Crippen LogP contribution in [0.1, 0.15) is 36.1 Å². The van der Waals surface area contributed by atoms with Crippen LogP contribution in [-0.4, -0.2) is 39.9 Å². The van der Waals surface area contributed by atoms with Crippen molar-refractivity contribution < 1.29 is 24.2 Å². The standard InChI is InChI=1S/C29H28N2O5/c1-3-16-35-23-10-8-21(9-11-23)27(32)25-26(22-6-5-7-24(18-22)36-17-4-2)31(29(34)28(25)33)19-20-12-14-30-15-13-20/h4-15,18,26,32H,2-3,16-17,19H2,1H3/b27-25+. The van der Waals surface area contributed by atoms with Gasteiger partial charge in [-0.15, -0.1) is 0 Å². The zero-order valence-corrected chi connectivity index (χ0v) is 20.1. The van der Waals surface area contributed by atoms with Crippen LogP contribution in [0.4, 0.5) is 0 Å². The lowest BCUT2D eigenvalue weighted by molar-refractivity contribution is -0.140. The van der Waals surface area contributed by atoms with Crippen molar-refractivity contribution in [2.45, 2.75) is 25.9 Å². The summed E-state index contributed by atoms with van der Waals surface area (Å²) in [6.07, 6.45) is 5.77. The van der Waals surface area contributed by atoms with Gasteiger partial charge in [0.15, 0.2) is 0 Å². The molecule has 2 heterocycles. The zero-order valence-electron chi connectivity index (χ0n) is 20.1. The molecule has 7 nitrogen and oxygen atoms in total. The Kier molecular flexibility index (Phi) is 7.80. The zero-order chi connectivity index (χ0) is 25.5. The van der Waals surface area contributed by atoms with Crippen molar-refractivity contribution in [3.8, 4) is 11.5 Å². The molecule has 2 aromatic carbocycles. The number of likely N-dealkylation sites (tertiary alicyclic amines) is 1. The van der Waals surface area contributed by atoms with E-state index < -0.39 is 17.7 Å². The van der Waals surface area contributed by atoms with E-state index >= 15 is 0 Å². The normalized spacial score (nSPS) is 16.7. The highest BCUT2D eigenvalue weighted by atomic mass is 16.5. The Bertz CT molecular complexity index is 1270. The molecular weight excluding hydrogens is 456 g/mol. The monoisotopic (exact) mass is 484 g/mol. The Morgan fingerprint density at radius 2 is 1.81 bits per heavy atom. The summed E-state index contributed by atoms with van der Waals surface area (Å²) in [6, 6.07) is 16.8. The molecule has 0 aliphatic carbocycles. The van der Waals surface area contributed by atoms with Gasteiger partial charge >= 0.3 is 0 Å². The number of aromatic nitrogens is 1. The first-order chi connectivity index (χ1) is 17.5. The van der Waals surface area contributed by atoms with Gasteiger partial charge in [0.1, 0.15) is 23.9 Å². The minimum Gasteiger partial charge on any atom is -0.507 e. The lowest BCUT2D eigenvalue weighted by Gasteiger charge is -2.25. The van der Waals surface area contributed by atoms with E-state index in [1.165, 1.54) is 4.90 Å². The molecule has 7 heteroatoms. The summed E-state index contributed by atoms with van der Waals surface area (Å²) in [5, 5.41) is 11.3. The van der Waals surface area contributed by atoms with E-state index in [9.17, 15) is 14.7 Å². The fourth-order valence-corrected chi connectivity index (χ4v) is 4.09. The predicted molar refractivity (Wildman–Crippen MR) is 136 cm³/mol. The highest BCUT2D eigenvalue weighted by Gasteiger charge is 2.46. The first-order valence-electron chi connectivity index (χ1n) is 11.8. The molecule has 0 radical (unpaired) electrons. The number of carbonyl (C=O) groups excluding carboxylic acids is 2. The summed E-state index contributed by atoms with van der Waals surface area (Å²) in [6.45, 7) is 6.75. The average molecular weight is 485 g/mol. The summed E-state index contributed by atoms with van der Waals surface area (Å²) >= 11 is 0. The van der Waals surface area contributed by atoms with Crippen molar-refractivity contribution in [3.05, 3.63) is 108 Å². The lowest BCUT2D eigenvalue weighted by Crippen LogP contribution is -2.29. The molecule has 0 spiro atoms. The molecule has 0 saturated carbocycles. The van der Waals surface area contributed by atoms with Gasteiger partial charge in [-0.1, -0.05) is 31.7 Å². The number of benzene rings is 2. The summed E-state index contributed by atoms with van der Waals surface area (Å²) in [4.78, 5) is 32.0. The smallest absolute Gasteiger partial charge is 0.295 e. The summed E-state index contributed by atoms with van der Waals surface area (Å²) in [7, 11) is 0. The van der Waals surface area contributed by atoms with Crippen LogP contribution < -0.4 is 9.47 Å². The number of pyridine rings is 1. The highest BCUT2D eigenvalue weighted by molar-refractivity contribution is 6.46. The van der Waals surface area contributed by atoms with Gasteiger partial charge in [-0.25, -0.2) is 0 Å². The maximum absolute atomic E-state index is 13.3. The van der Waals surface area contributed by atoms with Crippen LogP contribution in [0.2, 0.25) is 0 Å².